The van der Waals surface area contributed by atoms with Crippen LogP contribution in [0.3, 0.4) is 0 Å². The first-order chi connectivity index (χ1) is 7.38. The van der Waals surface area contributed by atoms with Crippen molar-refractivity contribution in [3.8, 4) is 0 Å². The quantitative estimate of drug-likeness (QED) is 0.550. The average Bonchev–Trinajstić information content (AvgIpc) is 2.97. The van der Waals surface area contributed by atoms with E-state index in [1.807, 2.05) is 6.07 Å². The molecule has 0 aromatic carbocycles. The Morgan fingerprint density at radius 1 is 1.60 bits per heavy atom. The molecule has 15 heavy (non-hydrogen) atoms. The van der Waals surface area contributed by atoms with Crippen LogP contribution in [0.2, 0.25) is 0 Å². The first-order valence-corrected chi connectivity index (χ1v) is 5.37. The molecule has 1 saturated carbocycles. The number of nitrogens with one attached hydrogen (secondary N) is 1. The van der Waals surface area contributed by atoms with E-state index in [0.717, 1.165) is 18.3 Å². The molecule has 1 aromatic rings. The lowest BCUT2D eigenvalue weighted by atomic mass is 10.3. The van der Waals surface area contributed by atoms with Gasteiger partial charge in [0, 0.05) is 18.2 Å². The van der Waals surface area contributed by atoms with Crippen LogP contribution in [-0.2, 0) is 17.9 Å². The molecule has 3 heteroatoms. The maximum absolute atomic E-state index is 5.36. The van der Waals surface area contributed by atoms with Crippen LogP contribution in [-0.4, -0.2) is 12.6 Å². The molecule has 1 aromatic heterocycles. The van der Waals surface area contributed by atoms with E-state index in [2.05, 4.69) is 11.9 Å². The number of hydrogen-bond donors (Lipinski definition) is 1. The Kier molecular flexibility index (Phi) is 3.59. The van der Waals surface area contributed by atoms with Crippen molar-refractivity contribution in [1.29, 1.82) is 0 Å². The van der Waals surface area contributed by atoms with E-state index in [1.165, 1.54) is 18.4 Å². The fraction of sp³-hybridized carbons (Fsp3) is 0.500. The van der Waals surface area contributed by atoms with Gasteiger partial charge in [-0.05, 0) is 18.9 Å². The van der Waals surface area contributed by atoms with Crippen molar-refractivity contribution in [2.24, 2.45) is 0 Å². The highest BCUT2D eigenvalue weighted by Crippen LogP contribution is 2.19. The zero-order chi connectivity index (χ0) is 10.5. The van der Waals surface area contributed by atoms with Gasteiger partial charge in [0.05, 0.1) is 12.9 Å². The third kappa shape index (κ3) is 3.53. The second-order valence-corrected chi connectivity index (χ2v) is 3.88. The highest BCUT2D eigenvalue weighted by Gasteiger charge is 2.20. The molecule has 2 rings (SSSR count). The molecule has 1 N–H and O–H groups in total. The smallest absolute Gasteiger partial charge is 0.129 e. The van der Waals surface area contributed by atoms with Crippen molar-refractivity contribution in [2.45, 2.75) is 32.0 Å². The minimum atomic E-state index is 0.523. The standard InChI is InChI=1S/C12H17NO2/c1-2-5-14-9-12-6-10(8-15-12)7-13-11-3-4-11/h2,6,8,11,13H,1,3-5,7,9H2. The van der Waals surface area contributed by atoms with Gasteiger partial charge in [0.1, 0.15) is 12.4 Å². The summed E-state index contributed by atoms with van der Waals surface area (Å²) in [5, 5.41) is 3.44. The van der Waals surface area contributed by atoms with Gasteiger partial charge in [0.15, 0.2) is 0 Å². The van der Waals surface area contributed by atoms with Crippen molar-refractivity contribution < 1.29 is 9.15 Å². The Morgan fingerprint density at radius 3 is 3.20 bits per heavy atom. The molecule has 1 aliphatic carbocycles. The SMILES string of the molecule is C=CCOCc1cc(CNC2CC2)co1. The Morgan fingerprint density at radius 2 is 2.47 bits per heavy atom. The largest absolute Gasteiger partial charge is 0.467 e. The zero-order valence-corrected chi connectivity index (χ0v) is 8.87. The van der Waals surface area contributed by atoms with E-state index in [0.29, 0.717) is 13.2 Å². The summed E-state index contributed by atoms with van der Waals surface area (Å²) in [7, 11) is 0. The molecule has 1 fully saturated rings. The van der Waals surface area contributed by atoms with Crippen LogP contribution < -0.4 is 5.32 Å². The van der Waals surface area contributed by atoms with Crippen LogP contribution in [0.5, 0.6) is 0 Å². The Hall–Kier alpha value is -1.06. The summed E-state index contributed by atoms with van der Waals surface area (Å²) >= 11 is 0. The van der Waals surface area contributed by atoms with Crippen LogP contribution in [0.4, 0.5) is 0 Å². The summed E-state index contributed by atoms with van der Waals surface area (Å²) in [6.07, 6.45) is 6.15. The predicted octanol–water partition coefficient (Wildman–Crippen LogP) is 2.23. The summed E-state index contributed by atoms with van der Waals surface area (Å²) in [5.74, 6) is 0.879. The molecule has 1 heterocycles. The number of hydrogen-bond acceptors (Lipinski definition) is 3. The third-order valence-corrected chi connectivity index (χ3v) is 2.36. The van der Waals surface area contributed by atoms with Gasteiger partial charge in [-0.2, -0.15) is 0 Å². The van der Waals surface area contributed by atoms with Crippen LogP contribution in [0, 0.1) is 0 Å². The average molecular weight is 207 g/mol. The lowest BCUT2D eigenvalue weighted by Gasteiger charge is -1.97. The predicted molar refractivity (Wildman–Crippen MR) is 58.4 cm³/mol. The summed E-state index contributed by atoms with van der Waals surface area (Å²) < 4.78 is 10.7. The third-order valence-electron chi connectivity index (χ3n) is 2.36. The first-order valence-electron chi connectivity index (χ1n) is 5.37. The topological polar surface area (TPSA) is 34.4 Å². The van der Waals surface area contributed by atoms with Crippen LogP contribution >= 0.6 is 0 Å². The highest BCUT2D eigenvalue weighted by atomic mass is 16.5. The van der Waals surface area contributed by atoms with E-state index in [1.54, 1.807) is 12.3 Å². The highest BCUT2D eigenvalue weighted by molar-refractivity contribution is 5.12. The summed E-state index contributed by atoms with van der Waals surface area (Å²) in [5.41, 5.74) is 1.19. The van der Waals surface area contributed by atoms with Gasteiger partial charge < -0.3 is 14.5 Å². The second-order valence-electron chi connectivity index (χ2n) is 3.88. The molecule has 1 aliphatic rings. The fourth-order valence-corrected chi connectivity index (χ4v) is 1.39. The molecule has 3 nitrogen and oxygen atoms in total. The molecule has 0 spiro atoms. The van der Waals surface area contributed by atoms with Gasteiger partial charge in [0.2, 0.25) is 0 Å². The van der Waals surface area contributed by atoms with Crippen molar-refractivity contribution >= 4 is 0 Å². The van der Waals surface area contributed by atoms with Gasteiger partial charge in [-0.3, -0.25) is 0 Å². The Balaban J connectivity index is 1.72. The van der Waals surface area contributed by atoms with E-state index >= 15 is 0 Å². The Bertz CT molecular complexity index is 315. The summed E-state index contributed by atoms with van der Waals surface area (Å²) in [6.45, 7) is 5.57. The number of furan rings is 1. The Labute approximate surface area is 90.1 Å². The molecule has 0 atom stereocenters. The monoisotopic (exact) mass is 207 g/mol. The molecule has 82 valence electrons. The molecule has 0 amide bonds. The lowest BCUT2D eigenvalue weighted by molar-refractivity contribution is 0.132. The normalized spacial score (nSPS) is 15.5. The van der Waals surface area contributed by atoms with Crippen molar-refractivity contribution in [3.63, 3.8) is 0 Å². The molecular weight excluding hydrogens is 190 g/mol. The molecule has 0 radical (unpaired) electrons. The maximum Gasteiger partial charge on any atom is 0.129 e. The second kappa shape index (κ2) is 5.14. The van der Waals surface area contributed by atoms with Gasteiger partial charge in [0.25, 0.3) is 0 Å². The minimum Gasteiger partial charge on any atom is -0.467 e. The van der Waals surface area contributed by atoms with E-state index in [-0.39, 0.29) is 0 Å². The molecule has 0 saturated heterocycles. The van der Waals surface area contributed by atoms with E-state index in [9.17, 15) is 0 Å². The zero-order valence-electron chi connectivity index (χ0n) is 8.87. The van der Waals surface area contributed by atoms with Crippen molar-refractivity contribution in [3.05, 3.63) is 36.3 Å². The van der Waals surface area contributed by atoms with Crippen molar-refractivity contribution in [1.82, 2.24) is 5.32 Å². The van der Waals surface area contributed by atoms with Gasteiger partial charge in [-0.25, -0.2) is 0 Å². The van der Waals surface area contributed by atoms with Crippen LogP contribution in [0.15, 0.2) is 29.4 Å². The molecule has 0 bridgehead atoms. The summed E-state index contributed by atoms with van der Waals surface area (Å²) in [6, 6.07) is 2.78. The van der Waals surface area contributed by atoms with Crippen LogP contribution in [0.1, 0.15) is 24.2 Å². The van der Waals surface area contributed by atoms with Gasteiger partial charge in [-0.15, -0.1) is 6.58 Å². The first kappa shape index (κ1) is 10.5. The fourth-order valence-electron chi connectivity index (χ4n) is 1.39. The molecule has 0 unspecified atom stereocenters. The lowest BCUT2D eigenvalue weighted by Crippen LogP contribution is -2.14. The molecule has 0 aliphatic heterocycles. The minimum absolute atomic E-state index is 0.523. The van der Waals surface area contributed by atoms with Crippen molar-refractivity contribution in [2.75, 3.05) is 6.61 Å². The number of rotatable bonds is 7. The molecular formula is C12H17NO2. The number of ether oxygens (including phenoxy) is 1. The summed E-state index contributed by atoms with van der Waals surface area (Å²) in [4.78, 5) is 0. The van der Waals surface area contributed by atoms with E-state index in [4.69, 9.17) is 9.15 Å². The maximum atomic E-state index is 5.36. The van der Waals surface area contributed by atoms with Crippen LogP contribution in [0.25, 0.3) is 0 Å². The van der Waals surface area contributed by atoms with E-state index < -0.39 is 0 Å². The van der Waals surface area contributed by atoms with Gasteiger partial charge in [-0.1, -0.05) is 6.08 Å². The van der Waals surface area contributed by atoms with Gasteiger partial charge >= 0.3 is 0 Å².